The second kappa shape index (κ2) is 6.62. The van der Waals surface area contributed by atoms with Crippen molar-refractivity contribution in [3.8, 4) is 11.6 Å². The Labute approximate surface area is 129 Å². The molecule has 4 N–H and O–H groups in total. The van der Waals surface area contributed by atoms with Crippen molar-refractivity contribution >= 4 is 11.5 Å². The van der Waals surface area contributed by atoms with Crippen LogP contribution in [-0.4, -0.2) is 27.2 Å². The summed E-state index contributed by atoms with van der Waals surface area (Å²) < 4.78 is 5.69. The van der Waals surface area contributed by atoms with E-state index < -0.39 is 0 Å². The summed E-state index contributed by atoms with van der Waals surface area (Å²) in [6.45, 7) is 0. The van der Waals surface area contributed by atoms with Gasteiger partial charge < -0.3 is 20.9 Å². The molecule has 2 aromatic rings. The van der Waals surface area contributed by atoms with E-state index >= 15 is 0 Å². The Morgan fingerprint density at radius 1 is 1.09 bits per heavy atom. The van der Waals surface area contributed by atoms with Gasteiger partial charge in [0.1, 0.15) is 17.9 Å². The van der Waals surface area contributed by atoms with Crippen molar-refractivity contribution in [3.63, 3.8) is 0 Å². The molecule has 0 saturated heterocycles. The molecule has 1 fully saturated rings. The minimum absolute atomic E-state index is 0.159. The van der Waals surface area contributed by atoms with Gasteiger partial charge in [-0.25, -0.2) is 9.97 Å². The number of nitrogens with two attached hydrogens (primary N) is 1. The van der Waals surface area contributed by atoms with Crippen molar-refractivity contribution in [2.45, 2.75) is 37.8 Å². The van der Waals surface area contributed by atoms with Gasteiger partial charge in [0, 0.05) is 17.8 Å². The summed E-state index contributed by atoms with van der Waals surface area (Å²) in [5, 5.41) is 12.9. The molecule has 116 valence electrons. The molecule has 1 aromatic heterocycles. The fraction of sp³-hybridized carbons (Fsp3) is 0.375. The highest BCUT2D eigenvalue weighted by Gasteiger charge is 2.19. The first-order valence-electron chi connectivity index (χ1n) is 7.49. The number of aliphatic hydroxyl groups excluding tert-OH is 1. The number of rotatable bonds is 4. The number of nitrogens with one attached hydrogen (secondary N) is 1. The van der Waals surface area contributed by atoms with Gasteiger partial charge in [-0.3, -0.25) is 0 Å². The fourth-order valence-electron chi connectivity index (χ4n) is 2.56. The number of nitrogens with zero attached hydrogens (tertiary/aromatic N) is 2. The molecule has 0 radical (unpaired) electrons. The summed E-state index contributed by atoms with van der Waals surface area (Å²) >= 11 is 0. The number of hydrogen-bond donors (Lipinski definition) is 3. The molecule has 22 heavy (non-hydrogen) atoms. The van der Waals surface area contributed by atoms with E-state index in [1.165, 1.54) is 6.33 Å². The van der Waals surface area contributed by atoms with E-state index in [2.05, 4.69) is 15.3 Å². The highest BCUT2D eigenvalue weighted by Crippen LogP contribution is 2.24. The normalized spacial score (nSPS) is 21.3. The Kier molecular flexibility index (Phi) is 4.39. The Hall–Kier alpha value is -2.34. The minimum atomic E-state index is -0.159. The third-order valence-electron chi connectivity index (χ3n) is 3.79. The van der Waals surface area contributed by atoms with Crippen LogP contribution in [0.2, 0.25) is 0 Å². The Morgan fingerprint density at radius 2 is 1.82 bits per heavy atom. The van der Waals surface area contributed by atoms with Crippen LogP contribution in [0.25, 0.3) is 0 Å². The summed E-state index contributed by atoms with van der Waals surface area (Å²) in [4.78, 5) is 8.34. The Bertz CT molecular complexity index is 610. The SMILES string of the molecule is Nc1ccc(Oc2cc(NC3CCC(O)CC3)ncn2)cc1. The zero-order valence-electron chi connectivity index (χ0n) is 12.3. The molecule has 1 saturated carbocycles. The number of ether oxygens (including phenoxy) is 1. The first-order chi connectivity index (χ1) is 10.7. The van der Waals surface area contributed by atoms with Crippen molar-refractivity contribution in [1.29, 1.82) is 0 Å². The summed E-state index contributed by atoms with van der Waals surface area (Å²) in [6, 6.07) is 9.27. The molecule has 0 aliphatic heterocycles. The predicted octanol–water partition coefficient (Wildman–Crippen LogP) is 2.57. The lowest BCUT2D eigenvalue weighted by Crippen LogP contribution is -2.28. The summed E-state index contributed by atoms with van der Waals surface area (Å²) in [5.74, 6) is 1.90. The molecule has 1 aliphatic carbocycles. The Morgan fingerprint density at radius 3 is 2.55 bits per heavy atom. The molecule has 0 amide bonds. The second-order valence-corrected chi connectivity index (χ2v) is 5.56. The van der Waals surface area contributed by atoms with Gasteiger partial charge >= 0.3 is 0 Å². The first-order valence-corrected chi connectivity index (χ1v) is 7.49. The molecule has 1 heterocycles. The topological polar surface area (TPSA) is 93.3 Å². The zero-order valence-corrected chi connectivity index (χ0v) is 12.3. The van der Waals surface area contributed by atoms with Crippen LogP contribution in [0, 0.1) is 0 Å². The van der Waals surface area contributed by atoms with E-state index in [9.17, 15) is 5.11 Å². The average molecular weight is 300 g/mol. The van der Waals surface area contributed by atoms with E-state index in [0.717, 1.165) is 31.5 Å². The maximum absolute atomic E-state index is 9.54. The van der Waals surface area contributed by atoms with E-state index in [1.807, 2.05) is 0 Å². The lowest BCUT2D eigenvalue weighted by atomic mass is 9.93. The molecule has 3 rings (SSSR count). The molecule has 0 unspecified atom stereocenters. The van der Waals surface area contributed by atoms with Crippen LogP contribution in [-0.2, 0) is 0 Å². The molecule has 0 bridgehead atoms. The van der Waals surface area contributed by atoms with Crippen LogP contribution in [0.4, 0.5) is 11.5 Å². The largest absolute Gasteiger partial charge is 0.439 e. The van der Waals surface area contributed by atoms with Gasteiger partial charge in [0.05, 0.1) is 6.10 Å². The maximum Gasteiger partial charge on any atom is 0.224 e. The first kappa shape index (κ1) is 14.6. The van der Waals surface area contributed by atoms with E-state index in [4.69, 9.17) is 10.5 Å². The van der Waals surface area contributed by atoms with Gasteiger partial charge in [-0.05, 0) is 49.9 Å². The van der Waals surface area contributed by atoms with Crippen LogP contribution in [0.3, 0.4) is 0 Å². The highest BCUT2D eigenvalue weighted by atomic mass is 16.5. The van der Waals surface area contributed by atoms with E-state index in [0.29, 0.717) is 23.4 Å². The number of aliphatic hydroxyl groups is 1. The van der Waals surface area contributed by atoms with Gasteiger partial charge in [-0.2, -0.15) is 0 Å². The fourth-order valence-corrected chi connectivity index (χ4v) is 2.56. The van der Waals surface area contributed by atoms with E-state index in [-0.39, 0.29) is 6.10 Å². The third-order valence-corrected chi connectivity index (χ3v) is 3.79. The molecule has 1 aromatic carbocycles. The van der Waals surface area contributed by atoms with Gasteiger partial charge in [-0.1, -0.05) is 0 Å². The average Bonchev–Trinajstić information content (AvgIpc) is 2.52. The van der Waals surface area contributed by atoms with Gasteiger partial charge in [0.25, 0.3) is 0 Å². The van der Waals surface area contributed by atoms with Crippen LogP contribution in [0.1, 0.15) is 25.7 Å². The molecule has 6 nitrogen and oxygen atoms in total. The van der Waals surface area contributed by atoms with Crippen molar-refractivity contribution in [3.05, 3.63) is 36.7 Å². The van der Waals surface area contributed by atoms with E-state index in [1.54, 1.807) is 30.3 Å². The molecule has 0 spiro atoms. The minimum Gasteiger partial charge on any atom is -0.439 e. The molecular formula is C16H20N4O2. The Balaban J connectivity index is 1.63. The molecular weight excluding hydrogens is 280 g/mol. The number of hydrogen-bond acceptors (Lipinski definition) is 6. The summed E-state index contributed by atoms with van der Waals surface area (Å²) in [6.07, 6.45) is 4.87. The van der Waals surface area contributed by atoms with Gasteiger partial charge in [0.15, 0.2) is 0 Å². The van der Waals surface area contributed by atoms with Gasteiger partial charge in [0.2, 0.25) is 5.88 Å². The number of aromatic nitrogens is 2. The zero-order chi connectivity index (χ0) is 15.4. The van der Waals surface area contributed by atoms with Crippen molar-refractivity contribution < 1.29 is 9.84 Å². The third kappa shape index (κ3) is 3.85. The van der Waals surface area contributed by atoms with Crippen molar-refractivity contribution in [1.82, 2.24) is 9.97 Å². The van der Waals surface area contributed by atoms with Gasteiger partial charge in [-0.15, -0.1) is 0 Å². The molecule has 6 heteroatoms. The smallest absolute Gasteiger partial charge is 0.224 e. The van der Waals surface area contributed by atoms with Crippen molar-refractivity contribution in [2.75, 3.05) is 11.1 Å². The number of nitrogen functional groups attached to an aromatic ring is 1. The van der Waals surface area contributed by atoms with Crippen molar-refractivity contribution in [2.24, 2.45) is 0 Å². The monoisotopic (exact) mass is 300 g/mol. The van der Waals surface area contributed by atoms with Crippen LogP contribution in [0.15, 0.2) is 36.7 Å². The van der Waals surface area contributed by atoms with Crippen LogP contribution in [0.5, 0.6) is 11.6 Å². The highest BCUT2D eigenvalue weighted by molar-refractivity contribution is 5.44. The molecule has 1 aliphatic rings. The maximum atomic E-state index is 9.54. The standard InChI is InChI=1S/C16H20N4O2/c17-11-1-7-14(8-2-11)22-16-9-15(18-10-19-16)20-12-3-5-13(21)6-4-12/h1-2,7-10,12-13,21H,3-6,17H2,(H,18,19,20). The predicted molar refractivity (Wildman–Crippen MR) is 84.8 cm³/mol. The van der Waals surface area contributed by atoms with Crippen LogP contribution >= 0.6 is 0 Å². The lowest BCUT2D eigenvalue weighted by Gasteiger charge is -2.26. The summed E-state index contributed by atoms with van der Waals surface area (Å²) in [5.41, 5.74) is 6.34. The quantitative estimate of drug-likeness (QED) is 0.751. The molecule has 0 atom stereocenters. The number of benzene rings is 1. The van der Waals surface area contributed by atoms with Crippen LogP contribution < -0.4 is 15.8 Å². The summed E-state index contributed by atoms with van der Waals surface area (Å²) in [7, 11) is 0. The lowest BCUT2D eigenvalue weighted by molar-refractivity contribution is 0.126. The number of anilines is 2. The second-order valence-electron chi connectivity index (χ2n) is 5.56.